The molecule has 11 heteroatoms. The van der Waals surface area contributed by atoms with E-state index in [1.807, 2.05) is 0 Å². The van der Waals surface area contributed by atoms with Crippen LogP contribution in [0, 0.1) is 17.0 Å². The van der Waals surface area contributed by atoms with Gasteiger partial charge in [0.1, 0.15) is 5.76 Å². The molecule has 190 valence electrons. The van der Waals surface area contributed by atoms with Crippen molar-refractivity contribution in [2.75, 3.05) is 19.1 Å². The summed E-state index contributed by atoms with van der Waals surface area (Å²) in [5, 5.41) is 15.1. The number of rotatable bonds is 6. The van der Waals surface area contributed by atoms with Gasteiger partial charge in [-0.2, -0.15) is 5.10 Å². The Morgan fingerprint density at radius 2 is 1.81 bits per heavy atom. The summed E-state index contributed by atoms with van der Waals surface area (Å²) in [5.41, 5.74) is 5.00. The molecule has 4 rings (SSSR count). The SMILES string of the molecule is COC(=O)c1ccccc1N(C)C(=O)c1oc2c(c1C)/C(=N/NC(=O)c1ccc([N+](=O)[O-])cc1)CCC2. The number of ether oxygens (including phenoxy) is 1. The number of carbonyl (C=O) groups excluding carboxylic acids is 3. The van der Waals surface area contributed by atoms with Crippen molar-refractivity contribution in [3.63, 3.8) is 0 Å². The summed E-state index contributed by atoms with van der Waals surface area (Å²) < 4.78 is 10.8. The molecule has 1 aliphatic carbocycles. The van der Waals surface area contributed by atoms with Gasteiger partial charge in [-0.15, -0.1) is 0 Å². The Labute approximate surface area is 211 Å². The van der Waals surface area contributed by atoms with E-state index < -0.39 is 22.7 Å². The topological polar surface area (TPSA) is 144 Å². The molecule has 2 amide bonds. The van der Waals surface area contributed by atoms with Crippen molar-refractivity contribution in [1.29, 1.82) is 0 Å². The molecule has 37 heavy (non-hydrogen) atoms. The van der Waals surface area contributed by atoms with Gasteiger partial charge < -0.3 is 14.1 Å². The summed E-state index contributed by atoms with van der Waals surface area (Å²) in [5.74, 6) is -0.832. The molecule has 0 aliphatic heterocycles. The second-order valence-electron chi connectivity index (χ2n) is 8.38. The van der Waals surface area contributed by atoms with E-state index >= 15 is 0 Å². The minimum atomic E-state index is -0.566. The number of anilines is 1. The van der Waals surface area contributed by atoms with Crippen molar-refractivity contribution in [3.8, 4) is 0 Å². The standard InChI is InChI=1S/C26H24N4O7/c1-15-22-19(27-28-24(31)16-11-13-17(14-12-16)30(34)35)8-6-10-21(22)37-23(15)25(32)29(2)20-9-5-4-7-18(20)26(33)36-3/h4-5,7,9,11-14H,6,8,10H2,1-3H3,(H,28,31)/b27-19+. The molecular formula is C26H24N4O7. The maximum Gasteiger partial charge on any atom is 0.339 e. The fraction of sp³-hybridized carbons (Fsp3) is 0.231. The maximum absolute atomic E-state index is 13.4. The van der Waals surface area contributed by atoms with Crippen LogP contribution in [-0.4, -0.2) is 42.6 Å². The number of amides is 2. The van der Waals surface area contributed by atoms with Crippen molar-refractivity contribution in [2.24, 2.45) is 5.10 Å². The Bertz CT molecular complexity index is 1420. The van der Waals surface area contributed by atoms with Gasteiger partial charge in [0.05, 0.1) is 29.0 Å². The molecule has 0 saturated carbocycles. The molecule has 0 bridgehead atoms. The largest absolute Gasteiger partial charge is 0.465 e. The highest BCUT2D eigenvalue weighted by Crippen LogP contribution is 2.32. The fourth-order valence-electron chi connectivity index (χ4n) is 4.21. The second kappa shape index (κ2) is 10.4. The Morgan fingerprint density at radius 3 is 2.49 bits per heavy atom. The molecule has 0 spiro atoms. The third-order valence-corrected chi connectivity index (χ3v) is 6.13. The van der Waals surface area contributed by atoms with Gasteiger partial charge in [0.25, 0.3) is 17.5 Å². The first-order valence-electron chi connectivity index (χ1n) is 11.4. The third-order valence-electron chi connectivity index (χ3n) is 6.13. The average molecular weight is 504 g/mol. The first-order valence-corrected chi connectivity index (χ1v) is 11.4. The highest BCUT2D eigenvalue weighted by molar-refractivity contribution is 6.12. The van der Waals surface area contributed by atoms with Gasteiger partial charge in [0.2, 0.25) is 0 Å². The number of non-ortho nitro benzene ring substituents is 1. The molecule has 11 nitrogen and oxygen atoms in total. The fourth-order valence-corrected chi connectivity index (χ4v) is 4.21. The number of esters is 1. The summed E-state index contributed by atoms with van der Waals surface area (Å²) in [7, 11) is 2.82. The number of methoxy groups -OCH3 is 1. The molecule has 1 aromatic heterocycles. The van der Waals surface area contributed by atoms with E-state index in [0.717, 1.165) is 0 Å². The van der Waals surface area contributed by atoms with Gasteiger partial charge in [-0.1, -0.05) is 12.1 Å². The highest BCUT2D eigenvalue weighted by atomic mass is 16.6. The lowest BCUT2D eigenvalue weighted by atomic mass is 9.93. The monoisotopic (exact) mass is 504 g/mol. The van der Waals surface area contributed by atoms with E-state index in [9.17, 15) is 24.5 Å². The average Bonchev–Trinajstić information content (AvgIpc) is 3.27. The van der Waals surface area contributed by atoms with Crippen LogP contribution in [0.1, 0.15) is 61.0 Å². The zero-order valence-electron chi connectivity index (χ0n) is 20.4. The van der Waals surface area contributed by atoms with Gasteiger partial charge in [-0.05, 0) is 44.0 Å². The zero-order chi connectivity index (χ0) is 26.7. The molecule has 1 N–H and O–H groups in total. The van der Waals surface area contributed by atoms with Gasteiger partial charge in [-0.3, -0.25) is 19.7 Å². The van der Waals surface area contributed by atoms with Crippen LogP contribution < -0.4 is 10.3 Å². The quantitative estimate of drug-likeness (QED) is 0.303. The van der Waals surface area contributed by atoms with Crippen molar-refractivity contribution in [3.05, 3.63) is 92.4 Å². The summed E-state index contributed by atoms with van der Waals surface area (Å²) >= 11 is 0. The van der Waals surface area contributed by atoms with E-state index in [2.05, 4.69) is 10.5 Å². The second-order valence-corrected chi connectivity index (χ2v) is 8.38. The molecule has 3 aromatic rings. The smallest absolute Gasteiger partial charge is 0.339 e. The number of carbonyl (C=O) groups is 3. The van der Waals surface area contributed by atoms with Crippen LogP contribution in [0.5, 0.6) is 0 Å². The van der Waals surface area contributed by atoms with Crippen molar-refractivity contribution < 1.29 is 28.5 Å². The molecule has 0 saturated heterocycles. The molecule has 0 atom stereocenters. The lowest BCUT2D eigenvalue weighted by Crippen LogP contribution is -2.28. The number of hydrogen-bond acceptors (Lipinski definition) is 8. The normalized spacial score (nSPS) is 13.5. The van der Waals surface area contributed by atoms with Gasteiger partial charge in [0.15, 0.2) is 5.76 Å². The van der Waals surface area contributed by atoms with Crippen LogP contribution >= 0.6 is 0 Å². The summed E-state index contributed by atoms with van der Waals surface area (Å²) in [4.78, 5) is 49.7. The number of nitro benzene ring substituents is 1. The van der Waals surface area contributed by atoms with Gasteiger partial charge >= 0.3 is 5.97 Å². The van der Waals surface area contributed by atoms with E-state index in [-0.39, 0.29) is 22.6 Å². The van der Waals surface area contributed by atoms with Crippen LogP contribution in [0.2, 0.25) is 0 Å². The molecular weight excluding hydrogens is 480 g/mol. The lowest BCUT2D eigenvalue weighted by Gasteiger charge is -2.19. The molecule has 0 fully saturated rings. The number of hydrazone groups is 1. The first kappa shape index (κ1) is 25.3. The van der Waals surface area contributed by atoms with E-state index in [0.29, 0.717) is 47.5 Å². The van der Waals surface area contributed by atoms with Crippen LogP contribution in [0.3, 0.4) is 0 Å². The summed E-state index contributed by atoms with van der Waals surface area (Å²) in [6.07, 6.45) is 1.87. The Kier molecular flexibility index (Phi) is 7.14. The van der Waals surface area contributed by atoms with Crippen LogP contribution in [0.4, 0.5) is 11.4 Å². The minimum Gasteiger partial charge on any atom is -0.465 e. The predicted octanol–water partition coefficient (Wildman–Crippen LogP) is 4.03. The van der Waals surface area contributed by atoms with Gasteiger partial charge in [-0.25, -0.2) is 10.2 Å². The summed E-state index contributed by atoms with van der Waals surface area (Å²) in [6.45, 7) is 1.74. The Morgan fingerprint density at radius 1 is 1.11 bits per heavy atom. The van der Waals surface area contributed by atoms with Crippen LogP contribution in [0.25, 0.3) is 0 Å². The first-order chi connectivity index (χ1) is 17.7. The van der Waals surface area contributed by atoms with Crippen molar-refractivity contribution in [2.45, 2.75) is 26.2 Å². The summed E-state index contributed by atoms with van der Waals surface area (Å²) in [6, 6.07) is 11.8. The molecule has 2 aromatic carbocycles. The molecule has 1 heterocycles. The molecule has 0 radical (unpaired) electrons. The minimum absolute atomic E-state index is 0.114. The van der Waals surface area contributed by atoms with Gasteiger partial charge in [0, 0.05) is 42.3 Å². The highest BCUT2D eigenvalue weighted by Gasteiger charge is 2.31. The van der Waals surface area contributed by atoms with Crippen LogP contribution in [-0.2, 0) is 11.2 Å². The van der Waals surface area contributed by atoms with Crippen molar-refractivity contribution >= 4 is 34.9 Å². The maximum atomic E-state index is 13.4. The number of nitro groups is 1. The number of nitrogens with zero attached hydrogens (tertiary/aromatic N) is 3. The zero-order valence-corrected chi connectivity index (χ0v) is 20.4. The number of furan rings is 1. The third kappa shape index (κ3) is 4.96. The van der Waals surface area contributed by atoms with E-state index in [1.54, 1.807) is 38.2 Å². The van der Waals surface area contributed by atoms with Crippen LogP contribution in [0.15, 0.2) is 58.0 Å². The number of aryl methyl sites for hydroxylation is 1. The lowest BCUT2D eigenvalue weighted by molar-refractivity contribution is -0.384. The van der Waals surface area contributed by atoms with E-state index in [1.165, 1.54) is 36.3 Å². The molecule has 0 unspecified atom stereocenters. The predicted molar refractivity (Wildman–Crippen MR) is 134 cm³/mol. The number of fused-ring (bicyclic) bond motifs is 1. The number of para-hydroxylation sites is 1. The number of hydrogen-bond donors (Lipinski definition) is 1. The number of benzene rings is 2. The number of nitrogens with one attached hydrogen (secondary N) is 1. The van der Waals surface area contributed by atoms with E-state index in [4.69, 9.17) is 9.15 Å². The Balaban J connectivity index is 1.59. The van der Waals surface area contributed by atoms with Crippen molar-refractivity contribution in [1.82, 2.24) is 5.43 Å². The molecule has 1 aliphatic rings. The Hall–Kier alpha value is -4.80.